The molecule has 2 aromatic rings. The molecule has 3 nitrogen and oxygen atoms in total. The molecule has 0 N–H and O–H groups in total. The van der Waals surface area contributed by atoms with Crippen LogP contribution in [0, 0.1) is 6.92 Å². The monoisotopic (exact) mass is 268 g/mol. The highest BCUT2D eigenvalue weighted by Crippen LogP contribution is 2.30. The van der Waals surface area contributed by atoms with E-state index < -0.39 is 0 Å². The van der Waals surface area contributed by atoms with Gasteiger partial charge in [-0.1, -0.05) is 5.57 Å². The van der Waals surface area contributed by atoms with Gasteiger partial charge in [0.1, 0.15) is 4.83 Å². The molecule has 0 fully saturated rings. The Morgan fingerprint density at radius 3 is 3.00 bits per heavy atom. The molecular weight excluding hydrogens is 256 g/mol. The third kappa shape index (κ3) is 2.96. The van der Waals surface area contributed by atoms with E-state index >= 15 is 0 Å². The van der Waals surface area contributed by atoms with Crippen LogP contribution in [0.3, 0.4) is 0 Å². The van der Waals surface area contributed by atoms with E-state index in [9.17, 15) is 0 Å². The predicted octanol–water partition coefficient (Wildman–Crippen LogP) is 4.00. The molecule has 0 radical (unpaired) electrons. The van der Waals surface area contributed by atoms with Gasteiger partial charge in [-0.3, -0.25) is 0 Å². The third-order valence-corrected chi connectivity index (χ3v) is 3.33. The zero-order chi connectivity index (χ0) is 12.4. The summed E-state index contributed by atoms with van der Waals surface area (Å²) in [7, 11) is 0. The first kappa shape index (κ1) is 12.3. The molecule has 0 atom stereocenters. The quantitative estimate of drug-likeness (QED) is 0.621. The molecule has 0 aliphatic rings. The van der Waals surface area contributed by atoms with Crippen LogP contribution in [0.25, 0.3) is 10.2 Å². The van der Waals surface area contributed by atoms with E-state index in [1.165, 1.54) is 4.88 Å². The Morgan fingerprint density at radius 2 is 2.29 bits per heavy atom. The van der Waals surface area contributed by atoms with E-state index in [1.807, 2.05) is 19.9 Å². The molecule has 2 heterocycles. The van der Waals surface area contributed by atoms with Crippen molar-refractivity contribution in [3.05, 3.63) is 28.4 Å². The predicted molar refractivity (Wildman–Crippen MR) is 72.1 cm³/mol. The molecule has 0 aromatic carbocycles. The number of thiophene rings is 1. The number of nitrogens with zero attached hydrogens (tertiary/aromatic N) is 2. The van der Waals surface area contributed by atoms with E-state index in [0.29, 0.717) is 12.5 Å². The van der Waals surface area contributed by atoms with Crippen molar-refractivity contribution in [1.82, 2.24) is 9.97 Å². The average Bonchev–Trinajstić information content (AvgIpc) is 2.57. The summed E-state index contributed by atoms with van der Waals surface area (Å²) in [6.07, 6.45) is 0.812. The Morgan fingerprint density at radius 1 is 1.53 bits per heavy atom. The number of hydrogen-bond acceptors (Lipinski definition) is 4. The van der Waals surface area contributed by atoms with Gasteiger partial charge < -0.3 is 4.74 Å². The maximum atomic E-state index is 5.86. The summed E-state index contributed by atoms with van der Waals surface area (Å²) >= 11 is 7.45. The Balaban J connectivity index is 2.28. The number of aromatic nitrogens is 2. The van der Waals surface area contributed by atoms with Crippen LogP contribution in [-0.2, 0) is 0 Å². The maximum absolute atomic E-state index is 5.86. The van der Waals surface area contributed by atoms with Crippen LogP contribution in [0.2, 0.25) is 5.28 Å². The van der Waals surface area contributed by atoms with Crippen molar-refractivity contribution in [3.8, 4) is 5.88 Å². The maximum Gasteiger partial charge on any atom is 0.227 e. The molecule has 0 unspecified atom stereocenters. The highest BCUT2D eigenvalue weighted by atomic mass is 35.5. The fraction of sp³-hybridized carbons (Fsp3) is 0.333. The minimum atomic E-state index is 0.227. The molecule has 0 bridgehead atoms. The molecule has 90 valence electrons. The van der Waals surface area contributed by atoms with Crippen molar-refractivity contribution in [2.75, 3.05) is 6.61 Å². The topological polar surface area (TPSA) is 35.0 Å². The first-order valence-corrected chi connectivity index (χ1v) is 6.46. The first-order chi connectivity index (χ1) is 8.06. The number of fused-ring (bicyclic) bond motifs is 1. The SMILES string of the molecule is C=C(C)CCOc1nc(Cl)nc2sc(C)cc12. The van der Waals surface area contributed by atoms with Gasteiger partial charge in [-0.25, -0.2) is 4.98 Å². The molecule has 0 saturated carbocycles. The van der Waals surface area contributed by atoms with Crippen LogP contribution >= 0.6 is 22.9 Å². The second-order valence-electron chi connectivity index (χ2n) is 3.93. The number of hydrogen-bond donors (Lipinski definition) is 0. The lowest BCUT2D eigenvalue weighted by Gasteiger charge is -2.06. The van der Waals surface area contributed by atoms with Gasteiger partial charge in [0, 0.05) is 11.3 Å². The van der Waals surface area contributed by atoms with Gasteiger partial charge >= 0.3 is 0 Å². The van der Waals surface area contributed by atoms with Crippen LogP contribution in [0.5, 0.6) is 5.88 Å². The number of aryl methyl sites for hydroxylation is 1. The van der Waals surface area contributed by atoms with Gasteiger partial charge in [-0.2, -0.15) is 4.98 Å². The molecular formula is C12H13ClN2OS. The molecule has 2 rings (SSSR count). The number of ether oxygens (including phenoxy) is 1. The highest BCUT2D eigenvalue weighted by molar-refractivity contribution is 7.18. The van der Waals surface area contributed by atoms with E-state index in [2.05, 4.69) is 16.5 Å². The zero-order valence-electron chi connectivity index (χ0n) is 9.79. The Labute approximate surface area is 109 Å². The second-order valence-corrected chi connectivity index (χ2v) is 5.50. The zero-order valence-corrected chi connectivity index (χ0v) is 11.4. The minimum Gasteiger partial charge on any atom is -0.477 e. The summed E-state index contributed by atoms with van der Waals surface area (Å²) in [5, 5.41) is 1.16. The van der Waals surface area contributed by atoms with Gasteiger partial charge in [0.05, 0.1) is 12.0 Å². The van der Waals surface area contributed by atoms with Crippen LogP contribution in [-0.4, -0.2) is 16.6 Å². The molecule has 0 saturated heterocycles. The standard InChI is InChI=1S/C12H13ClN2OS/c1-7(2)4-5-16-10-9-6-8(3)17-11(9)15-12(13)14-10/h6H,1,4-5H2,2-3H3. The van der Waals surface area contributed by atoms with Crippen molar-refractivity contribution in [2.45, 2.75) is 20.3 Å². The molecule has 5 heteroatoms. The lowest BCUT2D eigenvalue weighted by Crippen LogP contribution is -2.00. The lowest BCUT2D eigenvalue weighted by molar-refractivity contribution is 0.313. The van der Waals surface area contributed by atoms with Crippen LogP contribution in [0.4, 0.5) is 0 Å². The van der Waals surface area contributed by atoms with Gasteiger partial charge in [0.25, 0.3) is 0 Å². The van der Waals surface area contributed by atoms with Crippen molar-refractivity contribution >= 4 is 33.2 Å². The van der Waals surface area contributed by atoms with Crippen LogP contribution in [0.1, 0.15) is 18.2 Å². The lowest BCUT2D eigenvalue weighted by atomic mass is 10.3. The molecule has 17 heavy (non-hydrogen) atoms. The van der Waals surface area contributed by atoms with Crippen molar-refractivity contribution < 1.29 is 4.74 Å². The second kappa shape index (κ2) is 5.02. The summed E-state index contributed by atoms with van der Waals surface area (Å²) in [6.45, 7) is 8.39. The number of rotatable bonds is 4. The Bertz CT molecular complexity index is 565. The Kier molecular flexibility index (Phi) is 3.64. The van der Waals surface area contributed by atoms with Crippen LogP contribution in [0.15, 0.2) is 18.2 Å². The van der Waals surface area contributed by atoms with E-state index in [4.69, 9.17) is 16.3 Å². The summed E-state index contributed by atoms with van der Waals surface area (Å²) in [5.74, 6) is 0.561. The normalized spacial score (nSPS) is 10.8. The number of halogens is 1. The highest BCUT2D eigenvalue weighted by Gasteiger charge is 2.10. The largest absolute Gasteiger partial charge is 0.477 e. The van der Waals surface area contributed by atoms with Crippen molar-refractivity contribution in [2.24, 2.45) is 0 Å². The van der Waals surface area contributed by atoms with Gasteiger partial charge in [0.15, 0.2) is 0 Å². The third-order valence-electron chi connectivity index (χ3n) is 2.22. The van der Waals surface area contributed by atoms with Crippen molar-refractivity contribution in [1.29, 1.82) is 0 Å². The van der Waals surface area contributed by atoms with Gasteiger partial charge in [-0.15, -0.1) is 17.9 Å². The van der Waals surface area contributed by atoms with Gasteiger partial charge in [0.2, 0.25) is 11.2 Å². The average molecular weight is 269 g/mol. The van der Waals surface area contributed by atoms with Gasteiger partial charge in [-0.05, 0) is 31.5 Å². The minimum absolute atomic E-state index is 0.227. The van der Waals surface area contributed by atoms with E-state index in [1.54, 1.807) is 11.3 Å². The molecule has 0 spiro atoms. The fourth-order valence-electron chi connectivity index (χ4n) is 1.42. The molecule has 0 amide bonds. The van der Waals surface area contributed by atoms with E-state index in [0.717, 1.165) is 22.2 Å². The molecule has 0 aliphatic carbocycles. The molecule has 2 aromatic heterocycles. The molecule has 0 aliphatic heterocycles. The summed E-state index contributed by atoms with van der Waals surface area (Å²) in [6, 6.07) is 2.02. The van der Waals surface area contributed by atoms with E-state index in [-0.39, 0.29) is 5.28 Å². The smallest absolute Gasteiger partial charge is 0.227 e. The summed E-state index contributed by atoms with van der Waals surface area (Å²) in [4.78, 5) is 10.3. The summed E-state index contributed by atoms with van der Waals surface area (Å²) in [5.41, 5.74) is 1.09. The van der Waals surface area contributed by atoms with Crippen molar-refractivity contribution in [3.63, 3.8) is 0 Å². The first-order valence-electron chi connectivity index (χ1n) is 5.27. The Hall–Kier alpha value is -1.13. The van der Waals surface area contributed by atoms with Crippen LogP contribution < -0.4 is 4.74 Å². The fourth-order valence-corrected chi connectivity index (χ4v) is 2.50. The summed E-state index contributed by atoms with van der Waals surface area (Å²) < 4.78 is 5.63.